The van der Waals surface area contributed by atoms with E-state index in [1.807, 2.05) is 54.6 Å². The molecule has 11 nitrogen and oxygen atoms in total. The van der Waals surface area contributed by atoms with Crippen LogP contribution < -0.4 is 32.3 Å². The summed E-state index contributed by atoms with van der Waals surface area (Å²) in [4.78, 5) is 48.8. The third-order valence-electron chi connectivity index (χ3n) is 7.92. The van der Waals surface area contributed by atoms with Gasteiger partial charge in [0.25, 0.3) is 0 Å². The predicted octanol–water partition coefficient (Wildman–Crippen LogP) is 3.60. The average molecular weight is 759 g/mol. The molecule has 0 radical (unpaired) electrons. The van der Waals surface area contributed by atoms with Gasteiger partial charge in [0.2, 0.25) is 11.8 Å². The number of amides is 4. The number of aromatic nitrogens is 1. The van der Waals surface area contributed by atoms with Crippen molar-refractivity contribution in [2.24, 2.45) is 5.73 Å². The van der Waals surface area contributed by atoms with Crippen molar-refractivity contribution >= 4 is 61.1 Å². The molecule has 2 aromatic carbocycles. The molecule has 1 aromatic heterocycles. The zero-order chi connectivity index (χ0) is 32.9. The maximum Gasteiger partial charge on any atom is 0.315 e. The van der Waals surface area contributed by atoms with Crippen molar-refractivity contribution in [1.29, 1.82) is 0 Å². The highest BCUT2D eigenvalue weighted by Gasteiger charge is 2.31. The van der Waals surface area contributed by atoms with Crippen LogP contribution in [0.25, 0.3) is 0 Å². The molecule has 3 aromatic rings. The third-order valence-corrected chi connectivity index (χ3v) is 9.24. The number of hydrogen-bond donors (Lipinski definition) is 5. The van der Waals surface area contributed by atoms with Crippen LogP contribution in [0.4, 0.5) is 16.2 Å². The van der Waals surface area contributed by atoms with Crippen LogP contribution in [-0.2, 0) is 22.4 Å². The van der Waals surface area contributed by atoms with Crippen LogP contribution in [0.1, 0.15) is 30.4 Å². The van der Waals surface area contributed by atoms with E-state index in [9.17, 15) is 14.4 Å². The van der Waals surface area contributed by atoms with Gasteiger partial charge in [0.15, 0.2) is 0 Å². The molecule has 1 saturated heterocycles. The minimum atomic E-state index is -0.951. The van der Waals surface area contributed by atoms with E-state index in [4.69, 9.17) is 11.5 Å². The fourth-order valence-corrected chi connectivity index (χ4v) is 6.64. The number of anilines is 2. The number of halogens is 2. The van der Waals surface area contributed by atoms with Crippen molar-refractivity contribution in [2.75, 3.05) is 49.9 Å². The van der Waals surface area contributed by atoms with Gasteiger partial charge in [-0.1, -0.05) is 30.3 Å². The maximum atomic E-state index is 13.9. The van der Waals surface area contributed by atoms with Crippen molar-refractivity contribution in [2.45, 2.75) is 44.2 Å². The number of piperazine rings is 1. The number of nitrogens with zero attached hydrogens (tertiary/aromatic N) is 3. The summed E-state index contributed by atoms with van der Waals surface area (Å²) in [5.41, 5.74) is 15.3. The molecule has 0 saturated carbocycles. The number of hydrogen-bond acceptors (Lipinski definition) is 7. The van der Waals surface area contributed by atoms with Crippen molar-refractivity contribution in [3.05, 3.63) is 87.1 Å². The Kier molecular flexibility index (Phi) is 13.7. The lowest BCUT2D eigenvalue weighted by Gasteiger charge is -2.37. The van der Waals surface area contributed by atoms with E-state index in [0.29, 0.717) is 73.2 Å². The first-order chi connectivity index (χ1) is 22.2. The minimum Gasteiger partial charge on any atom is -0.397 e. The zero-order valence-corrected chi connectivity index (χ0v) is 28.9. The predicted molar refractivity (Wildman–Crippen MR) is 188 cm³/mol. The van der Waals surface area contributed by atoms with Gasteiger partial charge in [0.05, 0.1) is 5.69 Å². The van der Waals surface area contributed by atoms with E-state index in [2.05, 4.69) is 57.7 Å². The van der Waals surface area contributed by atoms with Crippen LogP contribution >= 0.6 is 31.9 Å². The lowest BCUT2D eigenvalue weighted by atomic mass is 10.0. The number of benzene rings is 2. The van der Waals surface area contributed by atoms with Crippen LogP contribution in [0.3, 0.4) is 0 Å². The van der Waals surface area contributed by atoms with Crippen LogP contribution in [-0.4, -0.2) is 79.1 Å². The Morgan fingerprint density at radius 1 is 0.870 bits per heavy atom. The number of carbonyl (C=O) groups is 3. The summed E-state index contributed by atoms with van der Waals surface area (Å²) < 4.78 is 1.34. The third kappa shape index (κ3) is 10.4. The first-order valence-electron chi connectivity index (χ1n) is 15.5. The lowest BCUT2D eigenvalue weighted by Crippen LogP contribution is -2.58. The molecule has 0 bridgehead atoms. The molecule has 0 unspecified atom stereocenters. The largest absolute Gasteiger partial charge is 0.397 e. The van der Waals surface area contributed by atoms with E-state index >= 15 is 0 Å². The van der Waals surface area contributed by atoms with Gasteiger partial charge < -0.3 is 37.2 Å². The van der Waals surface area contributed by atoms with Gasteiger partial charge in [0, 0.05) is 66.2 Å². The number of nitrogen functional groups attached to an aromatic ring is 1. The Morgan fingerprint density at radius 3 is 2.20 bits per heavy atom. The smallest absolute Gasteiger partial charge is 0.315 e. The molecular formula is C33H42Br2N8O3. The molecule has 46 heavy (non-hydrogen) atoms. The molecule has 246 valence electrons. The van der Waals surface area contributed by atoms with E-state index in [1.54, 1.807) is 17.3 Å². The number of urea groups is 1. The highest BCUT2D eigenvalue weighted by molar-refractivity contribution is 9.11. The Hall–Kier alpha value is -3.68. The van der Waals surface area contributed by atoms with Gasteiger partial charge in [0.1, 0.15) is 12.1 Å². The molecule has 1 fully saturated rings. The fourth-order valence-electron chi connectivity index (χ4n) is 5.36. The molecule has 0 spiro atoms. The Labute approximate surface area is 287 Å². The van der Waals surface area contributed by atoms with E-state index in [1.165, 1.54) is 0 Å². The van der Waals surface area contributed by atoms with E-state index in [0.717, 1.165) is 23.2 Å². The molecule has 13 heteroatoms. The monoisotopic (exact) mass is 756 g/mol. The van der Waals surface area contributed by atoms with Crippen molar-refractivity contribution in [3.8, 4) is 0 Å². The van der Waals surface area contributed by atoms with Crippen molar-refractivity contribution in [3.63, 3.8) is 0 Å². The molecule has 2 heterocycles. The van der Waals surface area contributed by atoms with Gasteiger partial charge in [-0.15, -0.1) is 0 Å². The van der Waals surface area contributed by atoms with Crippen LogP contribution in [0.5, 0.6) is 0 Å². The van der Waals surface area contributed by atoms with Gasteiger partial charge in [-0.2, -0.15) is 0 Å². The second-order valence-electron chi connectivity index (χ2n) is 11.2. The van der Waals surface area contributed by atoms with Gasteiger partial charge >= 0.3 is 6.03 Å². The topological polar surface area (TPSA) is 159 Å². The second kappa shape index (κ2) is 17.9. The van der Waals surface area contributed by atoms with Gasteiger partial charge in [-0.3, -0.25) is 14.6 Å². The summed E-state index contributed by atoms with van der Waals surface area (Å²) in [6.07, 6.45) is 6.20. The van der Waals surface area contributed by atoms with Gasteiger partial charge in [-0.25, -0.2) is 4.79 Å². The number of nitrogens with one attached hydrogen (secondary N) is 3. The summed E-state index contributed by atoms with van der Waals surface area (Å²) >= 11 is 6.93. The quantitative estimate of drug-likeness (QED) is 0.124. The standard InChI is InChI=1S/C33H42Br2N8O3/c34-26-20-24(21-27(35)30(26)37)22-29(41-33(46)39-15-9-23-6-2-1-3-7-23)31(44)40-28(8-4-5-12-36)32(45)43-18-16-42(17-19-43)25-10-13-38-14-11-25/h1-3,6-7,10-11,13-14,20-21,28-29H,4-5,8-9,12,15-19,22,36-37H2,(H,40,44)(H2,39,41,46)/t28-,29-/m0/s1. The lowest BCUT2D eigenvalue weighted by molar-refractivity contribution is -0.137. The summed E-state index contributed by atoms with van der Waals surface area (Å²) in [6.45, 7) is 3.30. The Balaban J connectivity index is 1.45. The van der Waals surface area contributed by atoms with Crippen LogP contribution in [0, 0.1) is 0 Å². The SMILES string of the molecule is NCCCC[C@H](NC(=O)[C@H](Cc1cc(Br)c(N)c(Br)c1)NC(=O)NCCc1ccccc1)C(=O)N1CCN(c2ccncc2)CC1. The first kappa shape index (κ1) is 35.2. The normalized spacial score (nSPS) is 14.3. The number of unbranched alkanes of at least 4 members (excludes halogenated alkanes) is 1. The molecule has 7 N–H and O–H groups in total. The van der Waals surface area contributed by atoms with Crippen molar-refractivity contribution in [1.82, 2.24) is 25.8 Å². The molecular weight excluding hydrogens is 716 g/mol. The highest BCUT2D eigenvalue weighted by Crippen LogP contribution is 2.30. The molecule has 0 aliphatic carbocycles. The minimum absolute atomic E-state index is 0.135. The van der Waals surface area contributed by atoms with E-state index in [-0.39, 0.29) is 12.3 Å². The first-order valence-corrected chi connectivity index (χ1v) is 17.1. The fraction of sp³-hybridized carbons (Fsp3) is 0.394. The summed E-state index contributed by atoms with van der Waals surface area (Å²) in [7, 11) is 0. The number of pyridine rings is 1. The molecule has 1 aliphatic rings. The second-order valence-corrected chi connectivity index (χ2v) is 12.9. The summed E-state index contributed by atoms with van der Waals surface area (Å²) in [5.74, 6) is -0.576. The highest BCUT2D eigenvalue weighted by atomic mass is 79.9. The zero-order valence-electron chi connectivity index (χ0n) is 25.8. The number of nitrogens with two attached hydrogens (primary N) is 2. The summed E-state index contributed by atoms with van der Waals surface area (Å²) in [5, 5.41) is 8.68. The van der Waals surface area contributed by atoms with Crippen LogP contribution in [0.2, 0.25) is 0 Å². The molecule has 2 atom stereocenters. The van der Waals surface area contributed by atoms with Gasteiger partial charge in [-0.05, 0) is 99.5 Å². The summed E-state index contributed by atoms with van der Waals surface area (Å²) in [6, 6.07) is 15.2. The Bertz CT molecular complexity index is 1420. The number of carbonyl (C=O) groups excluding carboxylic acids is 3. The molecule has 4 amide bonds. The molecule has 4 rings (SSSR count). The average Bonchev–Trinajstić information content (AvgIpc) is 3.07. The van der Waals surface area contributed by atoms with Crippen molar-refractivity contribution < 1.29 is 14.4 Å². The van der Waals surface area contributed by atoms with E-state index < -0.39 is 24.0 Å². The Morgan fingerprint density at radius 2 is 1.54 bits per heavy atom. The maximum absolute atomic E-state index is 13.9. The van der Waals surface area contributed by atoms with Crippen LogP contribution in [0.15, 0.2) is 75.9 Å². The number of rotatable bonds is 14. The molecule has 1 aliphatic heterocycles.